The number of hydrogen-bond donors (Lipinski definition) is 1. The zero-order chi connectivity index (χ0) is 13.0. The number of thiophene rings is 1. The van der Waals surface area contributed by atoms with Crippen molar-refractivity contribution >= 4 is 22.7 Å². The van der Waals surface area contributed by atoms with Crippen LogP contribution in [-0.2, 0) is 13.0 Å². The van der Waals surface area contributed by atoms with E-state index in [-0.39, 0.29) is 0 Å². The van der Waals surface area contributed by atoms with Crippen LogP contribution in [-0.4, -0.2) is 11.5 Å². The molecule has 2 aromatic rings. The molecule has 2 heterocycles. The summed E-state index contributed by atoms with van der Waals surface area (Å²) in [6, 6.07) is 4.39. The summed E-state index contributed by atoms with van der Waals surface area (Å²) in [5.41, 5.74) is 1.13. The molecular weight excluding hydrogens is 260 g/mol. The number of rotatable bonds is 6. The topological polar surface area (TPSA) is 24.9 Å². The highest BCUT2D eigenvalue weighted by molar-refractivity contribution is 7.16. The minimum Gasteiger partial charge on any atom is -0.310 e. The molecule has 98 valence electrons. The third-order valence-corrected chi connectivity index (χ3v) is 4.74. The Morgan fingerprint density at radius 1 is 1.33 bits per heavy atom. The fraction of sp³-hybridized carbons (Fsp3) is 0.500. The highest BCUT2D eigenvalue weighted by Crippen LogP contribution is 2.29. The standard InChI is InChI=1S/C14H20N2S2/c1-4-11-5-6-13(18-11)12-9-17-14(16-12)8-15-7-10(2)3/h5-6,9-10,15H,4,7-8H2,1-3H3. The molecule has 0 aliphatic rings. The molecule has 0 amide bonds. The highest BCUT2D eigenvalue weighted by atomic mass is 32.1. The van der Waals surface area contributed by atoms with Crippen molar-refractivity contribution in [2.24, 2.45) is 5.92 Å². The van der Waals surface area contributed by atoms with E-state index >= 15 is 0 Å². The zero-order valence-electron chi connectivity index (χ0n) is 11.2. The minimum atomic E-state index is 0.689. The van der Waals surface area contributed by atoms with E-state index < -0.39 is 0 Å². The van der Waals surface area contributed by atoms with Crippen molar-refractivity contribution in [1.82, 2.24) is 10.3 Å². The summed E-state index contributed by atoms with van der Waals surface area (Å²) >= 11 is 3.60. The molecule has 2 nitrogen and oxygen atoms in total. The van der Waals surface area contributed by atoms with E-state index in [2.05, 4.69) is 43.6 Å². The highest BCUT2D eigenvalue weighted by Gasteiger charge is 2.07. The van der Waals surface area contributed by atoms with Gasteiger partial charge in [0.2, 0.25) is 0 Å². The average molecular weight is 280 g/mol. The third kappa shape index (κ3) is 3.64. The first kappa shape index (κ1) is 13.7. The van der Waals surface area contributed by atoms with Crippen molar-refractivity contribution in [1.29, 1.82) is 0 Å². The van der Waals surface area contributed by atoms with E-state index in [1.165, 1.54) is 14.8 Å². The van der Waals surface area contributed by atoms with Gasteiger partial charge in [-0.1, -0.05) is 20.8 Å². The fourth-order valence-electron chi connectivity index (χ4n) is 1.68. The van der Waals surface area contributed by atoms with Gasteiger partial charge in [0.25, 0.3) is 0 Å². The summed E-state index contributed by atoms with van der Waals surface area (Å²) in [6.45, 7) is 8.57. The molecule has 0 aliphatic carbocycles. The second kappa shape index (κ2) is 6.45. The van der Waals surface area contributed by atoms with Gasteiger partial charge in [0.15, 0.2) is 0 Å². The predicted molar refractivity (Wildman–Crippen MR) is 81.3 cm³/mol. The van der Waals surface area contributed by atoms with Crippen LogP contribution in [0, 0.1) is 5.92 Å². The predicted octanol–water partition coefficient (Wildman–Crippen LogP) is 4.18. The lowest BCUT2D eigenvalue weighted by molar-refractivity contribution is 0.551. The quantitative estimate of drug-likeness (QED) is 0.858. The van der Waals surface area contributed by atoms with E-state index in [4.69, 9.17) is 4.98 Å². The molecule has 0 aromatic carbocycles. The van der Waals surface area contributed by atoms with Gasteiger partial charge in [-0.3, -0.25) is 0 Å². The number of aryl methyl sites for hydroxylation is 1. The molecule has 2 rings (SSSR count). The average Bonchev–Trinajstić information content (AvgIpc) is 2.95. The van der Waals surface area contributed by atoms with Gasteiger partial charge >= 0.3 is 0 Å². The van der Waals surface area contributed by atoms with Gasteiger partial charge in [0, 0.05) is 16.8 Å². The first-order valence-electron chi connectivity index (χ1n) is 6.43. The van der Waals surface area contributed by atoms with Crippen LogP contribution in [0.25, 0.3) is 10.6 Å². The van der Waals surface area contributed by atoms with Crippen molar-refractivity contribution in [3.63, 3.8) is 0 Å². The third-order valence-electron chi connectivity index (χ3n) is 2.64. The lowest BCUT2D eigenvalue weighted by Crippen LogP contribution is -2.18. The Morgan fingerprint density at radius 3 is 2.83 bits per heavy atom. The molecule has 0 aliphatic heterocycles. The number of nitrogens with zero attached hydrogens (tertiary/aromatic N) is 1. The van der Waals surface area contributed by atoms with E-state index in [9.17, 15) is 0 Å². The largest absolute Gasteiger partial charge is 0.310 e. The maximum absolute atomic E-state index is 4.69. The van der Waals surface area contributed by atoms with E-state index in [1.807, 2.05) is 11.3 Å². The summed E-state index contributed by atoms with van der Waals surface area (Å²) < 4.78 is 0. The summed E-state index contributed by atoms with van der Waals surface area (Å²) in [5.74, 6) is 0.689. The molecule has 0 fully saturated rings. The van der Waals surface area contributed by atoms with Crippen LogP contribution in [0.3, 0.4) is 0 Å². The van der Waals surface area contributed by atoms with Crippen molar-refractivity contribution in [3.8, 4) is 10.6 Å². The normalized spacial score (nSPS) is 11.3. The molecular formula is C14H20N2S2. The van der Waals surface area contributed by atoms with Crippen LogP contribution in [0.5, 0.6) is 0 Å². The molecule has 0 unspecified atom stereocenters. The van der Waals surface area contributed by atoms with Crippen molar-refractivity contribution in [2.75, 3.05) is 6.54 Å². The Hall–Kier alpha value is -0.710. The van der Waals surface area contributed by atoms with Crippen LogP contribution in [0.1, 0.15) is 30.7 Å². The maximum atomic E-state index is 4.69. The van der Waals surface area contributed by atoms with Gasteiger partial charge in [0.1, 0.15) is 5.01 Å². The Balaban J connectivity index is 1.97. The molecule has 4 heteroatoms. The fourth-order valence-corrected chi connectivity index (χ4v) is 3.43. The SMILES string of the molecule is CCc1ccc(-c2csc(CNCC(C)C)n2)s1. The smallest absolute Gasteiger partial charge is 0.107 e. The molecule has 0 radical (unpaired) electrons. The molecule has 0 bridgehead atoms. The van der Waals surface area contributed by atoms with Crippen molar-refractivity contribution in [2.45, 2.75) is 33.7 Å². The van der Waals surface area contributed by atoms with Gasteiger partial charge in [-0.15, -0.1) is 22.7 Å². The number of hydrogen-bond acceptors (Lipinski definition) is 4. The molecule has 0 saturated carbocycles. The van der Waals surface area contributed by atoms with Crippen LogP contribution < -0.4 is 5.32 Å². The monoisotopic (exact) mass is 280 g/mol. The van der Waals surface area contributed by atoms with Gasteiger partial charge in [0.05, 0.1) is 10.6 Å². The number of thiazole rings is 1. The summed E-state index contributed by atoms with van der Waals surface area (Å²) in [6.07, 6.45) is 1.11. The summed E-state index contributed by atoms with van der Waals surface area (Å²) in [4.78, 5) is 7.41. The molecule has 18 heavy (non-hydrogen) atoms. The number of aromatic nitrogens is 1. The van der Waals surface area contributed by atoms with Crippen molar-refractivity contribution in [3.05, 3.63) is 27.4 Å². The Labute approximate surface area is 117 Å². The summed E-state index contributed by atoms with van der Waals surface area (Å²) in [5, 5.41) is 6.78. The second-order valence-electron chi connectivity index (χ2n) is 4.77. The second-order valence-corrected chi connectivity index (χ2v) is 6.88. The van der Waals surface area contributed by atoms with Crippen LogP contribution in [0.2, 0.25) is 0 Å². The van der Waals surface area contributed by atoms with Gasteiger partial charge in [-0.2, -0.15) is 0 Å². The first-order chi connectivity index (χ1) is 8.69. The van der Waals surface area contributed by atoms with Crippen LogP contribution in [0.4, 0.5) is 0 Å². The first-order valence-corrected chi connectivity index (χ1v) is 8.13. The Kier molecular flexibility index (Phi) is 4.92. The lowest BCUT2D eigenvalue weighted by Gasteiger charge is -2.04. The molecule has 0 saturated heterocycles. The van der Waals surface area contributed by atoms with Crippen LogP contribution >= 0.6 is 22.7 Å². The van der Waals surface area contributed by atoms with Gasteiger partial charge in [-0.05, 0) is 31.0 Å². The van der Waals surface area contributed by atoms with E-state index in [1.54, 1.807) is 11.3 Å². The minimum absolute atomic E-state index is 0.689. The summed E-state index contributed by atoms with van der Waals surface area (Å²) in [7, 11) is 0. The number of nitrogens with one attached hydrogen (secondary N) is 1. The zero-order valence-corrected chi connectivity index (χ0v) is 12.8. The Bertz CT molecular complexity index is 485. The van der Waals surface area contributed by atoms with Crippen molar-refractivity contribution < 1.29 is 0 Å². The molecule has 2 aromatic heterocycles. The van der Waals surface area contributed by atoms with E-state index in [0.29, 0.717) is 5.92 Å². The van der Waals surface area contributed by atoms with Gasteiger partial charge < -0.3 is 5.32 Å². The maximum Gasteiger partial charge on any atom is 0.107 e. The van der Waals surface area contributed by atoms with Gasteiger partial charge in [-0.25, -0.2) is 4.98 Å². The molecule has 0 atom stereocenters. The Morgan fingerprint density at radius 2 is 2.17 bits per heavy atom. The van der Waals surface area contributed by atoms with E-state index in [0.717, 1.165) is 25.2 Å². The molecule has 1 N–H and O–H groups in total. The lowest BCUT2D eigenvalue weighted by atomic mass is 10.2. The van der Waals surface area contributed by atoms with Crippen LogP contribution in [0.15, 0.2) is 17.5 Å². The molecule has 0 spiro atoms.